The number of carbonyl (C=O) groups is 2. The van der Waals surface area contributed by atoms with Gasteiger partial charge in [0.15, 0.2) is 11.5 Å². The molecule has 2 aromatic rings. The largest absolute Gasteiger partial charge is 0.497 e. The maximum atomic E-state index is 13.7. The fourth-order valence-electron chi connectivity index (χ4n) is 5.58. The van der Waals surface area contributed by atoms with Gasteiger partial charge in [-0.25, -0.2) is 8.42 Å². The molecule has 42 heavy (non-hydrogen) atoms. The van der Waals surface area contributed by atoms with E-state index >= 15 is 0 Å². The number of benzene rings is 2. The Hall–Kier alpha value is -3.47. The molecule has 0 bridgehead atoms. The van der Waals surface area contributed by atoms with Crippen molar-refractivity contribution in [1.29, 1.82) is 0 Å². The molecule has 11 heteroatoms. The van der Waals surface area contributed by atoms with Crippen LogP contribution in [0.25, 0.3) is 0 Å². The number of anilines is 1. The molecule has 1 aliphatic heterocycles. The first-order chi connectivity index (χ1) is 20.2. The fourth-order valence-corrected chi connectivity index (χ4v) is 6.54. The normalized spacial score (nSPS) is 15.9. The molecular formula is C31H43N3O7S. The fraction of sp³-hybridized carbons (Fsp3) is 0.548. The van der Waals surface area contributed by atoms with E-state index in [-0.39, 0.29) is 43.8 Å². The Bertz CT molecular complexity index is 1310. The van der Waals surface area contributed by atoms with Gasteiger partial charge in [-0.1, -0.05) is 38.3 Å². The van der Waals surface area contributed by atoms with E-state index in [4.69, 9.17) is 14.2 Å². The molecule has 0 spiro atoms. The van der Waals surface area contributed by atoms with Crippen LogP contribution in [0, 0.1) is 0 Å². The predicted octanol–water partition coefficient (Wildman–Crippen LogP) is 4.27. The van der Waals surface area contributed by atoms with Gasteiger partial charge in [-0.05, 0) is 55.5 Å². The Morgan fingerprint density at radius 1 is 1.02 bits per heavy atom. The quantitative estimate of drug-likeness (QED) is 0.365. The molecule has 1 atom stereocenters. The third-order valence-corrected chi connectivity index (χ3v) is 9.01. The monoisotopic (exact) mass is 601 g/mol. The highest BCUT2D eigenvalue weighted by atomic mass is 32.2. The van der Waals surface area contributed by atoms with E-state index in [1.54, 1.807) is 30.2 Å². The molecule has 2 amide bonds. The van der Waals surface area contributed by atoms with Crippen molar-refractivity contribution in [2.45, 2.75) is 76.9 Å². The second kappa shape index (κ2) is 14.6. The molecule has 1 N–H and O–H groups in total. The number of fused-ring (bicyclic) bond motifs is 1. The molecule has 1 heterocycles. The lowest BCUT2D eigenvalue weighted by Gasteiger charge is -2.33. The number of hydrogen-bond donors (Lipinski definition) is 1. The summed E-state index contributed by atoms with van der Waals surface area (Å²) in [5.41, 5.74) is 1.32. The smallest absolute Gasteiger partial charge is 0.243 e. The van der Waals surface area contributed by atoms with Gasteiger partial charge in [-0.3, -0.25) is 13.9 Å². The van der Waals surface area contributed by atoms with Crippen molar-refractivity contribution in [3.63, 3.8) is 0 Å². The highest BCUT2D eigenvalue weighted by Crippen LogP contribution is 2.35. The van der Waals surface area contributed by atoms with E-state index in [9.17, 15) is 18.0 Å². The third-order valence-electron chi connectivity index (χ3n) is 7.82. The lowest BCUT2D eigenvalue weighted by Crippen LogP contribution is -2.51. The van der Waals surface area contributed by atoms with Crippen LogP contribution in [0.5, 0.6) is 17.2 Å². The molecule has 2 aromatic carbocycles. The summed E-state index contributed by atoms with van der Waals surface area (Å²) in [5.74, 6) is 1.43. The summed E-state index contributed by atoms with van der Waals surface area (Å²) in [4.78, 5) is 28.8. The van der Waals surface area contributed by atoms with Crippen molar-refractivity contribution in [2.75, 3.05) is 37.4 Å². The van der Waals surface area contributed by atoms with Gasteiger partial charge in [0.05, 0.1) is 19.1 Å². The van der Waals surface area contributed by atoms with Crippen LogP contribution in [0.1, 0.15) is 63.9 Å². The van der Waals surface area contributed by atoms with Crippen molar-refractivity contribution >= 4 is 27.5 Å². The van der Waals surface area contributed by atoms with Gasteiger partial charge in [0, 0.05) is 31.6 Å². The zero-order valence-electron chi connectivity index (χ0n) is 24.8. The summed E-state index contributed by atoms with van der Waals surface area (Å²) in [6, 6.07) is 12.0. The SMILES string of the molecule is CCC(C(=O)NC1CCCCC1)N(Cc1ccc(OC)cc1)C(=O)CCCN(c1ccc2c(c1)OCCO2)S(C)(=O)=O. The van der Waals surface area contributed by atoms with Crippen molar-refractivity contribution < 1.29 is 32.2 Å². The van der Waals surface area contributed by atoms with Crippen LogP contribution in [-0.4, -0.2) is 70.3 Å². The lowest BCUT2D eigenvalue weighted by atomic mass is 9.95. The number of nitrogens with zero attached hydrogens (tertiary/aromatic N) is 2. The van der Waals surface area contributed by atoms with Crippen LogP contribution < -0.4 is 23.8 Å². The van der Waals surface area contributed by atoms with Crippen molar-refractivity contribution in [3.05, 3.63) is 48.0 Å². The number of carbonyl (C=O) groups excluding carboxylic acids is 2. The Balaban J connectivity index is 1.48. The van der Waals surface area contributed by atoms with E-state index in [2.05, 4.69) is 5.32 Å². The minimum atomic E-state index is -3.63. The van der Waals surface area contributed by atoms with Gasteiger partial charge >= 0.3 is 0 Å². The zero-order chi connectivity index (χ0) is 30.1. The summed E-state index contributed by atoms with van der Waals surface area (Å²) in [6.07, 6.45) is 7.25. The number of amides is 2. The summed E-state index contributed by atoms with van der Waals surface area (Å²) in [7, 11) is -2.04. The molecule has 0 radical (unpaired) electrons. The lowest BCUT2D eigenvalue weighted by molar-refractivity contribution is -0.141. The van der Waals surface area contributed by atoms with Crippen molar-refractivity contribution in [2.24, 2.45) is 0 Å². The first-order valence-corrected chi connectivity index (χ1v) is 16.6. The van der Waals surface area contributed by atoms with Crippen LogP contribution in [0.15, 0.2) is 42.5 Å². The number of rotatable bonds is 13. The molecule has 0 aromatic heterocycles. The molecule has 0 saturated heterocycles. The Labute approximate surface area is 249 Å². The average molecular weight is 602 g/mol. The second-order valence-corrected chi connectivity index (χ2v) is 12.8. The average Bonchev–Trinajstić information content (AvgIpc) is 2.99. The molecule has 4 rings (SSSR count). The zero-order valence-corrected chi connectivity index (χ0v) is 25.7. The van der Waals surface area contributed by atoms with Crippen molar-refractivity contribution in [3.8, 4) is 17.2 Å². The molecule has 1 unspecified atom stereocenters. The maximum absolute atomic E-state index is 13.7. The van der Waals surface area contributed by atoms with Crippen LogP contribution in [-0.2, 0) is 26.2 Å². The van der Waals surface area contributed by atoms with Crippen LogP contribution >= 0.6 is 0 Å². The topological polar surface area (TPSA) is 114 Å². The second-order valence-electron chi connectivity index (χ2n) is 10.9. The molecule has 230 valence electrons. The summed E-state index contributed by atoms with van der Waals surface area (Å²) in [5, 5.41) is 3.19. The Morgan fingerprint density at radius 2 is 1.71 bits per heavy atom. The third kappa shape index (κ3) is 8.30. The summed E-state index contributed by atoms with van der Waals surface area (Å²) in [6.45, 7) is 3.10. The van der Waals surface area contributed by atoms with Crippen LogP contribution in [0.2, 0.25) is 0 Å². The summed E-state index contributed by atoms with van der Waals surface area (Å²) < 4.78 is 43.2. The molecule has 10 nitrogen and oxygen atoms in total. The van der Waals surface area contributed by atoms with Gasteiger partial charge in [-0.15, -0.1) is 0 Å². The maximum Gasteiger partial charge on any atom is 0.243 e. The van der Waals surface area contributed by atoms with Gasteiger partial charge < -0.3 is 24.4 Å². The number of ether oxygens (including phenoxy) is 3. The van der Waals surface area contributed by atoms with Crippen molar-refractivity contribution in [1.82, 2.24) is 10.2 Å². The minimum Gasteiger partial charge on any atom is -0.497 e. The molecule has 1 aliphatic carbocycles. The van der Waals surface area contributed by atoms with E-state index < -0.39 is 16.1 Å². The van der Waals surface area contributed by atoms with E-state index in [0.717, 1.165) is 37.5 Å². The van der Waals surface area contributed by atoms with Crippen LogP contribution in [0.4, 0.5) is 5.69 Å². The number of sulfonamides is 1. The number of methoxy groups -OCH3 is 1. The molecule has 1 saturated carbocycles. The van der Waals surface area contributed by atoms with E-state index in [0.29, 0.717) is 42.6 Å². The van der Waals surface area contributed by atoms with Gasteiger partial charge in [0.25, 0.3) is 0 Å². The summed E-state index contributed by atoms with van der Waals surface area (Å²) >= 11 is 0. The highest BCUT2D eigenvalue weighted by Gasteiger charge is 2.30. The van der Waals surface area contributed by atoms with Gasteiger partial charge in [0.1, 0.15) is 25.0 Å². The van der Waals surface area contributed by atoms with Crippen LogP contribution in [0.3, 0.4) is 0 Å². The van der Waals surface area contributed by atoms with Gasteiger partial charge in [-0.2, -0.15) is 0 Å². The molecule has 2 aliphatic rings. The minimum absolute atomic E-state index is 0.0833. The first-order valence-electron chi connectivity index (χ1n) is 14.8. The molecular weight excluding hydrogens is 558 g/mol. The number of hydrogen-bond acceptors (Lipinski definition) is 7. The Morgan fingerprint density at radius 3 is 2.36 bits per heavy atom. The predicted molar refractivity (Wildman–Crippen MR) is 161 cm³/mol. The standard InChI is InChI=1S/C31H43N3O7S/c1-4-27(31(36)32-24-9-6-5-7-10-24)33(22-23-12-15-26(39-2)16-13-23)30(35)11-8-18-34(42(3,37)38)25-14-17-28-29(21-25)41-20-19-40-28/h12-17,21,24,27H,4-11,18-20,22H2,1-3H3,(H,32,36). The Kier molecular flexibility index (Phi) is 11.0. The number of nitrogens with one attached hydrogen (secondary N) is 1. The van der Waals surface area contributed by atoms with E-state index in [1.165, 1.54) is 10.7 Å². The molecule has 1 fully saturated rings. The first kappa shape index (κ1) is 31.5. The van der Waals surface area contributed by atoms with E-state index in [1.807, 2.05) is 31.2 Å². The van der Waals surface area contributed by atoms with Gasteiger partial charge in [0.2, 0.25) is 21.8 Å². The highest BCUT2D eigenvalue weighted by molar-refractivity contribution is 7.92.